The second-order valence-corrected chi connectivity index (χ2v) is 5.08. The monoisotopic (exact) mass is 266 g/mol. The molecule has 0 fully saturated rings. The van der Waals surface area contributed by atoms with Gasteiger partial charge in [-0.3, -0.25) is 0 Å². The molecular formula is C13H12Cl2N2. The van der Waals surface area contributed by atoms with Gasteiger partial charge in [0.2, 0.25) is 0 Å². The Kier molecular flexibility index (Phi) is 2.85. The van der Waals surface area contributed by atoms with Crippen LogP contribution in [0.2, 0.25) is 10.2 Å². The smallest absolute Gasteiger partial charge is 0.130 e. The Bertz CT molecular complexity index is 561. The zero-order valence-corrected chi connectivity index (χ0v) is 10.8. The highest BCUT2D eigenvalue weighted by atomic mass is 35.5. The number of rotatable bonds is 2. The summed E-state index contributed by atoms with van der Waals surface area (Å²) in [5.41, 5.74) is 3.43. The van der Waals surface area contributed by atoms with Gasteiger partial charge in [-0.2, -0.15) is 5.10 Å². The fraction of sp³-hybridized carbons (Fsp3) is 0.308. The number of halogens is 2. The number of hydrogen-bond donors (Lipinski definition) is 0. The number of fused-ring (bicyclic) bond motifs is 1. The van der Waals surface area contributed by atoms with Crippen molar-refractivity contribution < 1.29 is 0 Å². The molecule has 1 heterocycles. The van der Waals surface area contributed by atoms with E-state index in [1.165, 1.54) is 12.0 Å². The number of benzene rings is 1. The summed E-state index contributed by atoms with van der Waals surface area (Å²) in [6.07, 6.45) is 3.27. The molecule has 1 aliphatic carbocycles. The molecule has 88 valence electrons. The van der Waals surface area contributed by atoms with Crippen molar-refractivity contribution in [1.29, 1.82) is 0 Å². The second-order valence-electron chi connectivity index (χ2n) is 4.32. The highest BCUT2D eigenvalue weighted by Crippen LogP contribution is 2.29. The minimum atomic E-state index is 0.644. The molecule has 0 aliphatic heterocycles. The van der Waals surface area contributed by atoms with E-state index in [0.717, 1.165) is 34.3 Å². The Morgan fingerprint density at radius 1 is 1.18 bits per heavy atom. The van der Waals surface area contributed by atoms with Crippen LogP contribution in [-0.2, 0) is 19.4 Å². The molecule has 0 bridgehead atoms. The van der Waals surface area contributed by atoms with Crippen LogP contribution in [-0.4, -0.2) is 9.78 Å². The van der Waals surface area contributed by atoms with Crippen molar-refractivity contribution in [2.75, 3.05) is 0 Å². The molecule has 0 saturated heterocycles. The molecule has 1 aromatic heterocycles. The van der Waals surface area contributed by atoms with Crippen LogP contribution in [0.25, 0.3) is 0 Å². The van der Waals surface area contributed by atoms with Crippen LogP contribution in [0, 0.1) is 0 Å². The van der Waals surface area contributed by atoms with Gasteiger partial charge in [-0.15, -0.1) is 0 Å². The van der Waals surface area contributed by atoms with Crippen LogP contribution in [0.15, 0.2) is 24.3 Å². The summed E-state index contributed by atoms with van der Waals surface area (Å²) in [4.78, 5) is 0. The van der Waals surface area contributed by atoms with E-state index in [2.05, 4.69) is 5.10 Å². The summed E-state index contributed by atoms with van der Waals surface area (Å²) in [6.45, 7) is 0.644. The SMILES string of the molecule is Clc1ccccc1Cn1nc2c(c1Cl)CCC2. The first-order chi connectivity index (χ1) is 8.25. The summed E-state index contributed by atoms with van der Waals surface area (Å²) in [6, 6.07) is 7.80. The van der Waals surface area contributed by atoms with Crippen LogP contribution in [0.4, 0.5) is 0 Å². The van der Waals surface area contributed by atoms with Crippen LogP contribution in [0.1, 0.15) is 23.2 Å². The lowest BCUT2D eigenvalue weighted by atomic mass is 10.2. The third kappa shape index (κ3) is 1.96. The Hall–Kier alpha value is -0.990. The van der Waals surface area contributed by atoms with Gasteiger partial charge in [0.05, 0.1) is 12.2 Å². The van der Waals surface area contributed by atoms with Crippen molar-refractivity contribution in [1.82, 2.24) is 9.78 Å². The Morgan fingerprint density at radius 3 is 2.76 bits per heavy atom. The maximum Gasteiger partial charge on any atom is 0.130 e. The predicted octanol–water partition coefficient (Wildman–Crippen LogP) is 3.73. The van der Waals surface area contributed by atoms with E-state index in [0.29, 0.717) is 6.54 Å². The van der Waals surface area contributed by atoms with E-state index in [1.807, 2.05) is 28.9 Å². The molecule has 0 atom stereocenters. The fourth-order valence-corrected chi connectivity index (χ4v) is 2.80. The average Bonchev–Trinajstić information content (AvgIpc) is 2.87. The molecule has 0 unspecified atom stereocenters. The van der Waals surface area contributed by atoms with E-state index in [-0.39, 0.29) is 0 Å². The van der Waals surface area contributed by atoms with Gasteiger partial charge in [0.25, 0.3) is 0 Å². The minimum Gasteiger partial charge on any atom is -0.249 e. The molecule has 0 saturated carbocycles. The molecule has 17 heavy (non-hydrogen) atoms. The van der Waals surface area contributed by atoms with Gasteiger partial charge < -0.3 is 0 Å². The van der Waals surface area contributed by atoms with Crippen molar-refractivity contribution in [3.05, 3.63) is 51.3 Å². The van der Waals surface area contributed by atoms with Gasteiger partial charge in [-0.05, 0) is 30.9 Å². The molecular weight excluding hydrogens is 255 g/mol. The molecule has 2 nitrogen and oxygen atoms in total. The molecule has 3 rings (SSSR count). The second kappa shape index (κ2) is 4.35. The molecule has 4 heteroatoms. The summed E-state index contributed by atoms with van der Waals surface area (Å²) >= 11 is 12.5. The maximum atomic E-state index is 6.33. The number of nitrogens with zero attached hydrogens (tertiary/aromatic N) is 2. The third-order valence-electron chi connectivity index (χ3n) is 3.18. The van der Waals surface area contributed by atoms with Crippen molar-refractivity contribution >= 4 is 23.2 Å². The molecule has 2 aromatic rings. The van der Waals surface area contributed by atoms with Crippen LogP contribution >= 0.6 is 23.2 Å². The highest BCUT2D eigenvalue weighted by Gasteiger charge is 2.20. The van der Waals surface area contributed by atoms with E-state index in [1.54, 1.807) is 0 Å². The minimum absolute atomic E-state index is 0.644. The highest BCUT2D eigenvalue weighted by molar-refractivity contribution is 6.31. The van der Waals surface area contributed by atoms with E-state index >= 15 is 0 Å². The lowest BCUT2D eigenvalue weighted by Gasteiger charge is -2.06. The van der Waals surface area contributed by atoms with Gasteiger partial charge in [0.15, 0.2) is 0 Å². The van der Waals surface area contributed by atoms with Crippen LogP contribution in [0.3, 0.4) is 0 Å². The van der Waals surface area contributed by atoms with Gasteiger partial charge in [-0.1, -0.05) is 41.4 Å². The van der Waals surface area contributed by atoms with E-state index in [4.69, 9.17) is 23.2 Å². The standard InChI is InChI=1S/C13H12Cl2N2/c14-11-6-2-1-4-9(11)8-17-13(15)10-5-3-7-12(10)16-17/h1-2,4,6H,3,5,7-8H2. The van der Waals surface area contributed by atoms with Gasteiger partial charge in [-0.25, -0.2) is 4.68 Å². The summed E-state index contributed by atoms with van der Waals surface area (Å²) in [5.74, 6) is 0. The summed E-state index contributed by atoms with van der Waals surface area (Å²) < 4.78 is 1.85. The molecule has 0 spiro atoms. The maximum absolute atomic E-state index is 6.33. The predicted molar refractivity (Wildman–Crippen MR) is 69.8 cm³/mol. The molecule has 1 aromatic carbocycles. The van der Waals surface area contributed by atoms with E-state index < -0.39 is 0 Å². The number of aryl methyl sites for hydroxylation is 1. The van der Waals surface area contributed by atoms with Gasteiger partial charge >= 0.3 is 0 Å². The van der Waals surface area contributed by atoms with Crippen molar-refractivity contribution in [3.63, 3.8) is 0 Å². The lowest BCUT2D eigenvalue weighted by Crippen LogP contribution is -2.03. The van der Waals surface area contributed by atoms with Crippen LogP contribution in [0.5, 0.6) is 0 Å². The summed E-state index contributed by atoms with van der Waals surface area (Å²) in [7, 11) is 0. The largest absolute Gasteiger partial charge is 0.249 e. The van der Waals surface area contributed by atoms with Crippen molar-refractivity contribution in [3.8, 4) is 0 Å². The zero-order valence-electron chi connectivity index (χ0n) is 9.29. The fourth-order valence-electron chi connectivity index (χ4n) is 2.30. The van der Waals surface area contributed by atoms with Gasteiger partial charge in [0, 0.05) is 10.6 Å². The number of aromatic nitrogens is 2. The third-order valence-corrected chi connectivity index (χ3v) is 3.98. The van der Waals surface area contributed by atoms with Crippen LogP contribution < -0.4 is 0 Å². The van der Waals surface area contributed by atoms with E-state index in [9.17, 15) is 0 Å². The Labute approximate surface area is 110 Å². The first kappa shape index (κ1) is 11.1. The first-order valence-corrected chi connectivity index (χ1v) is 6.49. The average molecular weight is 267 g/mol. The Morgan fingerprint density at radius 2 is 2.00 bits per heavy atom. The van der Waals surface area contributed by atoms with Crippen molar-refractivity contribution in [2.24, 2.45) is 0 Å². The Balaban J connectivity index is 1.94. The molecule has 0 N–H and O–H groups in total. The molecule has 1 aliphatic rings. The first-order valence-electron chi connectivity index (χ1n) is 5.73. The lowest BCUT2D eigenvalue weighted by molar-refractivity contribution is 0.664. The topological polar surface area (TPSA) is 17.8 Å². The normalized spacial score (nSPS) is 14.0. The molecule has 0 amide bonds. The number of hydrogen-bond acceptors (Lipinski definition) is 1. The quantitative estimate of drug-likeness (QED) is 0.810. The van der Waals surface area contributed by atoms with Crippen molar-refractivity contribution in [2.45, 2.75) is 25.8 Å². The molecule has 0 radical (unpaired) electrons. The van der Waals surface area contributed by atoms with Gasteiger partial charge in [0.1, 0.15) is 5.15 Å². The summed E-state index contributed by atoms with van der Waals surface area (Å²) in [5, 5.41) is 6.09. The zero-order chi connectivity index (χ0) is 11.8.